The Kier molecular flexibility index (Phi) is 4.77. The summed E-state index contributed by atoms with van der Waals surface area (Å²) >= 11 is 5.88. The normalized spacial score (nSPS) is 17.6. The quantitative estimate of drug-likeness (QED) is 0.834. The molecule has 2 heterocycles. The molecule has 0 atom stereocenters. The van der Waals surface area contributed by atoms with E-state index in [0.29, 0.717) is 5.15 Å². The van der Waals surface area contributed by atoms with Crippen LogP contribution in [-0.2, 0) is 6.54 Å². The summed E-state index contributed by atoms with van der Waals surface area (Å²) in [5.74, 6) is 0.820. The van der Waals surface area contributed by atoms with Crippen LogP contribution in [-0.4, -0.2) is 36.6 Å². The van der Waals surface area contributed by atoms with Gasteiger partial charge in [0.2, 0.25) is 0 Å². The molecule has 1 aliphatic rings. The van der Waals surface area contributed by atoms with Crippen LogP contribution < -0.4 is 5.32 Å². The summed E-state index contributed by atoms with van der Waals surface area (Å²) in [5.41, 5.74) is 1.05. The third kappa shape index (κ3) is 4.26. The lowest BCUT2D eigenvalue weighted by Gasteiger charge is -2.27. The number of piperidine rings is 1. The predicted molar refractivity (Wildman–Crippen MR) is 71.2 cm³/mol. The van der Waals surface area contributed by atoms with Crippen LogP contribution in [0.1, 0.15) is 18.5 Å². The summed E-state index contributed by atoms with van der Waals surface area (Å²) in [4.78, 5) is 6.66. The number of nitrogens with one attached hydrogen (secondary N) is 1. The molecule has 0 amide bonds. The summed E-state index contributed by atoms with van der Waals surface area (Å²) < 4.78 is 0. The van der Waals surface area contributed by atoms with Gasteiger partial charge in [-0.2, -0.15) is 0 Å². The van der Waals surface area contributed by atoms with E-state index in [-0.39, 0.29) is 0 Å². The molecular weight excluding hydrogens is 234 g/mol. The first-order valence-corrected chi connectivity index (χ1v) is 6.62. The first kappa shape index (κ1) is 12.8. The molecule has 2 rings (SSSR count). The second-order valence-electron chi connectivity index (χ2n) is 4.84. The molecule has 0 saturated carbocycles. The Hall–Kier alpha value is -0.640. The van der Waals surface area contributed by atoms with Gasteiger partial charge < -0.3 is 10.2 Å². The van der Waals surface area contributed by atoms with Crippen molar-refractivity contribution in [2.24, 2.45) is 5.92 Å². The van der Waals surface area contributed by atoms with E-state index in [1.165, 1.54) is 12.8 Å². The number of hydrogen-bond donors (Lipinski definition) is 1. The van der Waals surface area contributed by atoms with Crippen LogP contribution in [0.2, 0.25) is 5.15 Å². The molecular formula is C13H20ClN3. The maximum absolute atomic E-state index is 5.88. The Balaban J connectivity index is 1.82. The molecule has 1 saturated heterocycles. The second-order valence-corrected chi connectivity index (χ2v) is 5.23. The molecule has 0 spiro atoms. The van der Waals surface area contributed by atoms with Crippen LogP contribution in [0.3, 0.4) is 0 Å². The van der Waals surface area contributed by atoms with Crippen molar-refractivity contribution in [3.05, 3.63) is 29.0 Å². The molecule has 1 aromatic heterocycles. The van der Waals surface area contributed by atoms with Crippen LogP contribution in [0.15, 0.2) is 18.2 Å². The summed E-state index contributed by atoms with van der Waals surface area (Å²) in [6, 6.07) is 5.81. The van der Waals surface area contributed by atoms with Crippen LogP contribution in [0.5, 0.6) is 0 Å². The van der Waals surface area contributed by atoms with Gasteiger partial charge in [0.15, 0.2) is 0 Å². The van der Waals surface area contributed by atoms with Crippen LogP contribution in [0, 0.1) is 5.92 Å². The number of halogens is 1. The monoisotopic (exact) mass is 253 g/mol. The van der Waals surface area contributed by atoms with Crippen molar-refractivity contribution in [2.75, 3.05) is 26.7 Å². The first-order valence-electron chi connectivity index (χ1n) is 6.25. The van der Waals surface area contributed by atoms with Crippen molar-refractivity contribution < 1.29 is 0 Å². The molecule has 0 unspecified atom stereocenters. The molecule has 0 bridgehead atoms. The first-order chi connectivity index (χ1) is 8.24. The van der Waals surface area contributed by atoms with Crippen molar-refractivity contribution >= 4 is 11.6 Å². The topological polar surface area (TPSA) is 28.2 Å². The smallest absolute Gasteiger partial charge is 0.129 e. The molecule has 0 aliphatic carbocycles. The van der Waals surface area contributed by atoms with Crippen molar-refractivity contribution in [3.63, 3.8) is 0 Å². The van der Waals surface area contributed by atoms with Crippen molar-refractivity contribution in [2.45, 2.75) is 19.4 Å². The number of nitrogens with zero attached hydrogens (tertiary/aromatic N) is 2. The van der Waals surface area contributed by atoms with E-state index in [4.69, 9.17) is 11.6 Å². The van der Waals surface area contributed by atoms with E-state index in [2.05, 4.69) is 22.2 Å². The highest BCUT2D eigenvalue weighted by Gasteiger charge is 2.15. The molecule has 1 aliphatic heterocycles. The maximum atomic E-state index is 5.88. The Labute approximate surface area is 108 Å². The summed E-state index contributed by atoms with van der Waals surface area (Å²) in [5, 5.41) is 3.98. The number of aromatic nitrogens is 1. The van der Waals surface area contributed by atoms with Gasteiger partial charge in [0.05, 0.1) is 5.69 Å². The van der Waals surface area contributed by atoms with Gasteiger partial charge >= 0.3 is 0 Å². The van der Waals surface area contributed by atoms with Gasteiger partial charge in [-0.25, -0.2) is 4.98 Å². The molecule has 0 radical (unpaired) electrons. The summed E-state index contributed by atoms with van der Waals surface area (Å²) in [7, 11) is 2.16. The van der Waals surface area contributed by atoms with Crippen LogP contribution >= 0.6 is 11.6 Å². The highest BCUT2D eigenvalue weighted by molar-refractivity contribution is 6.29. The van der Waals surface area contributed by atoms with E-state index >= 15 is 0 Å². The number of pyridine rings is 1. The lowest BCUT2D eigenvalue weighted by Crippen LogP contribution is -2.34. The van der Waals surface area contributed by atoms with Crippen LogP contribution in [0.25, 0.3) is 0 Å². The molecule has 1 aromatic rings. The van der Waals surface area contributed by atoms with Gasteiger partial charge in [0.1, 0.15) is 5.15 Å². The Morgan fingerprint density at radius 1 is 1.41 bits per heavy atom. The van der Waals surface area contributed by atoms with Crippen molar-refractivity contribution in [1.29, 1.82) is 0 Å². The molecule has 0 aromatic carbocycles. The lowest BCUT2D eigenvalue weighted by molar-refractivity contribution is 0.233. The van der Waals surface area contributed by atoms with E-state index in [9.17, 15) is 0 Å². The second kappa shape index (κ2) is 6.34. The zero-order valence-electron chi connectivity index (χ0n) is 10.3. The standard InChI is InChI=1S/C13H20ClN3/c1-17(9-11-5-7-15-8-6-11)10-12-3-2-4-13(14)16-12/h2-4,11,15H,5-10H2,1H3. The van der Waals surface area contributed by atoms with Gasteiger partial charge in [-0.1, -0.05) is 17.7 Å². The number of hydrogen-bond acceptors (Lipinski definition) is 3. The van der Waals surface area contributed by atoms with E-state index < -0.39 is 0 Å². The summed E-state index contributed by atoms with van der Waals surface area (Å²) in [6.07, 6.45) is 2.57. The minimum atomic E-state index is 0.581. The third-order valence-corrected chi connectivity index (χ3v) is 3.44. The van der Waals surface area contributed by atoms with Gasteiger partial charge in [-0.15, -0.1) is 0 Å². The van der Waals surface area contributed by atoms with Crippen LogP contribution in [0.4, 0.5) is 0 Å². The molecule has 1 fully saturated rings. The fourth-order valence-corrected chi connectivity index (χ4v) is 2.57. The predicted octanol–water partition coefficient (Wildman–Crippen LogP) is 2.17. The minimum Gasteiger partial charge on any atom is -0.317 e. The van der Waals surface area contributed by atoms with Crippen molar-refractivity contribution in [1.82, 2.24) is 15.2 Å². The van der Waals surface area contributed by atoms with Gasteiger partial charge in [0.25, 0.3) is 0 Å². The SMILES string of the molecule is CN(Cc1cccc(Cl)n1)CC1CCNCC1. The highest BCUT2D eigenvalue weighted by Crippen LogP contribution is 2.14. The fourth-order valence-electron chi connectivity index (χ4n) is 2.38. The largest absolute Gasteiger partial charge is 0.317 e. The molecule has 94 valence electrons. The lowest BCUT2D eigenvalue weighted by atomic mass is 9.98. The Morgan fingerprint density at radius 3 is 2.88 bits per heavy atom. The van der Waals surface area contributed by atoms with E-state index in [0.717, 1.165) is 37.8 Å². The fraction of sp³-hybridized carbons (Fsp3) is 0.615. The molecule has 1 N–H and O–H groups in total. The molecule has 3 nitrogen and oxygen atoms in total. The van der Waals surface area contributed by atoms with Gasteiger partial charge in [-0.05, 0) is 51.0 Å². The maximum Gasteiger partial charge on any atom is 0.129 e. The Morgan fingerprint density at radius 2 is 2.18 bits per heavy atom. The van der Waals surface area contributed by atoms with E-state index in [1.54, 1.807) is 0 Å². The molecule has 17 heavy (non-hydrogen) atoms. The van der Waals surface area contributed by atoms with Gasteiger partial charge in [0, 0.05) is 13.1 Å². The van der Waals surface area contributed by atoms with E-state index in [1.807, 2.05) is 18.2 Å². The van der Waals surface area contributed by atoms with Crippen molar-refractivity contribution in [3.8, 4) is 0 Å². The zero-order valence-corrected chi connectivity index (χ0v) is 11.1. The highest BCUT2D eigenvalue weighted by atomic mass is 35.5. The Bertz CT molecular complexity index is 350. The average Bonchev–Trinajstić information content (AvgIpc) is 2.30. The molecule has 4 heteroatoms. The number of rotatable bonds is 4. The third-order valence-electron chi connectivity index (χ3n) is 3.23. The minimum absolute atomic E-state index is 0.581. The summed E-state index contributed by atoms with van der Waals surface area (Å²) in [6.45, 7) is 4.35. The average molecular weight is 254 g/mol. The zero-order chi connectivity index (χ0) is 12.1. The van der Waals surface area contributed by atoms with Gasteiger partial charge in [-0.3, -0.25) is 0 Å².